The number of hydrogen-bond donors (Lipinski definition) is 0. The maximum Gasteiger partial charge on any atom is 0.137 e. The molecule has 0 saturated carbocycles. The maximum absolute atomic E-state index is 6.40. The van der Waals surface area contributed by atoms with Gasteiger partial charge in [0.15, 0.2) is 0 Å². The van der Waals surface area contributed by atoms with E-state index in [1.165, 1.54) is 55.3 Å². The molecular formula is C46H29NO. The van der Waals surface area contributed by atoms with E-state index in [1.807, 2.05) is 12.1 Å². The molecule has 224 valence electrons. The predicted octanol–water partition coefficient (Wildman–Crippen LogP) is 13.2. The summed E-state index contributed by atoms with van der Waals surface area (Å²) in [4.78, 5) is 2.36. The zero-order valence-electron chi connectivity index (χ0n) is 26.1. The molecule has 0 N–H and O–H groups in total. The molecule has 0 spiro atoms. The minimum absolute atomic E-state index is 0.875. The Hall–Kier alpha value is -6.38. The van der Waals surface area contributed by atoms with Crippen LogP contribution >= 0.6 is 0 Å². The summed E-state index contributed by atoms with van der Waals surface area (Å²) in [6.45, 7) is 0. The topological polar surface area (TPSA) is 16.4 Å². The summed E-state index contributed by atoms with van der Waals surface area (Å²) in [5.74, 6) is 0. The highest BCUT2D eigenvalue weighted by atomic mass is 16.3. The van der Waals surface area contributed by atoms with Crippen molar-refractivity contribution < 1.29 is 4.42 Å². The van der Waals surface area contributed by atoms with Crippen molar-refractivity contribution in [2.45, 2.75) is 0 Å². The van der Waals surface area contributed by atoms with Gasteiger partial charge in [-0.25, -0.2) is 0 Å². The SMILES string of the molecule is c1ccc(-c2cccc(N(c3ccc4c(c3)-c3ccccc3-c3cccc5cccc-4c35)c3ccc4c(c3)oc3ccccc34)c2)cc1. The number of rotatable bonds is 4. The molecule has 9 aromatic rings. The Morgan fingerprint density at radius 3 is 1.75 bits per heavy atom. The quantitative estimate of drug-likeness (QED) is 0.197. The van der Waals surface area contributed by atoms with Gasteiger partial charge in [-0.05, 0) is 97.7 Å². The Morgan fingerprint density at radius 2 is 0.917 bits per heavy atom. The number of hydrogen-bond acceptors (Lipinski definition) is 2. The molecular weight excluding hydrogens is 583 g/mol. The van der Waals surface area contributed by atoms with E-state index in [0.717, 1.165) is 39.0 Å². The van der Waals surface area contributed by atoms with Gasteiger partial charge in [0.05, 0.1) is 0 Å². The van der Waals surface area contributed by atoms with Crippen LogP contribution < -0.4 is 4.90 Å². The van der Waals surface area contributed by atoms with E-state index in [9.17, 15) is 0 Å². The predicted molar refractivity (Wildman–Crippen MR) is 201 cm³/mol. The molecule has 1 aromatic heterocycles. The van der Waals surface area contributed by atoms with Gasteiger partial charge in [-0.1, -0.05) is 127 Å². The summed E-state index contributed by atoms with van der Waals surface area (Å²) < 4.78 is 6.40. The average molecular weight is 612 g/mol. The van der Waals surface area contributed by atoms with Gasteiger partial charge < -0.3 is 9.32 Å². The first-order chi connectivity index (χ1) is 23.8. The minimum Gasteiger partial charge on any atom is -0.456 e. The van der Waals surface area contributed by atoms with Gasteiger partial charge in [0.1, 0.15) is 11.2 Å². The van der Waals surface area contributed by atoms with E-state index in [-0.39, 0.29) is 0 Å². The van der Waals surface area contributed by atoms with Gasteiger partial charge in [-0.15, -0.1) is 0 Å². The molecule has 48 heavy (non-hydrogen) atoms. The highest BCUT2D eigenvalue weighted by Gasteiger charge is 2.23. The van der Waals surface area contributed by atoms with E-state index in [2.05, 4.69) is 169 Å². The van der Waals surface area contributed by atoms with Gasteiger partial charge in [-0.2, -0.15) is 0 Å². The Balaban J connectivity index is 1.23. The second-order valence-electron chi connectivity index (χ2n) is 12.5. The molecule has 8 aromatic carbocycles. The van der Waals surface area contributed by atoms with Crippen LogP contribution in [0.15, 0.2) is 180 Å². The Kier molecular flexibility index (Phi) is 5.91. The highest BCUT2D eigenvalue weighted by Crippen LogP contribution is 2.49. The van der Waals surface area contributed by atoms with Crippen LogP contribution in [-0.4, -0.2) is 0 Å². The Labute approximate surface area is 278 Å². The molecule has 0 atom stereocenters. The van der Waals surface area contributed by atoms with Crippen LogP contribution in [0.1, 0.15) is 0 Å². The number of nitrogens with zero attached hydrogens (tertiary/aromatic N) is 1. The summed E-state index contributed by atoms with van der Waals surface area (Å²) in [7, 11) is 0. The number of anilines is 3. The smallest absolute Gasteiger partial charge is 0.137 e. The molecule has 1 aliphatic rings. The van der Waals surface area contributed by atoms with E-state index in [4.69, 9.17) is 4.42 Å². The van der Waals surface area contributed by atoms with Crippen molar-refractivity contribution in [2.24, 2.45) is 0 Å². The lowest BCUT2D eigenvalue weighted by molar-refractivity contribution is 0.669. The van der Waals surface area contributed by atoms with Gasteiger partial charge in [0.2, 0.25) is 0 Å². The van der Waals surface area contributed by atoms with Crippen molar-refractivity contribution in [3.05, 3.63) is 176 Å². The lowest BCUT2D eigenvalue weighted by atomic mass is 9.93. The standard InChI is InChI=1S/C46H29NO/c1-2-11-30(12-3-1)32-15-8-16-33(27-32)47(35-24-26-40-39-19-6-7-22-44(39)48-45(40)29-35)34-23-25-38-42-21-10-14-31-13-9-20-41(46(31)42)36-17-4-5-18-37(36)43(38)28-34/h1-29H. The molecule has 2 nitrogen and oxygen atoms in total. The maximum atomic E-state index is 6.40. The molecule has 0 aliphatic heterocycles. The first kappa shape index (κ1) is 26.8. The number of fused-ring (bicyclic) bond motifs is 8. The molecule has 2 heteroatoms. The highest BCUT2D eigenvalue weighted by molar-refractivity contribution is 6.14. The number of furan rings is 1. The van der Waals surface area contributed by atoms with E-state index < -0.39 is 0 Å². The number of benzene rings is 8. The molecule has 0 radical (unpaired) electrons. The fourth-order valence-electron chi connectivity index (χ4n) is 7.63. The van der Waals surface area contributed by atoms with Crippen LogP contribution in [0, 0.1) is 0 Å². The van der Waals surface area contributed by atoms with Crippen LogP contribution in [0.5, 0.6) is 0 Å². The van der Waals surface area contributed by atoms with Gasteiger partial charge >= 0.3 is 0 Å². The van der Waals surface area contributed by atoms with Gasteiger partial charge in [-0.3, -0.25) is 0 Å². The third kappa shape index (κ3) is 4.13. The second-order valence-corrected chi connectivity index (χ2v) is 12.5. The van der Waals surface area contributed by atoms with Crippen molar-refractivity contribution in [1.82, 2.24) is 0 Å². The minimum atomic E-state index is 0.875. The average Bonchev–Trinajstić information content (AvgIpc) is 3.47. The Morgan fingerprint density at radius 1 is 0.333 bits per heavy atom. The lowest BCUT2D eigenvalue weighted by Crippen LogP contribution is -2.10. The van der Waals surface area contributed by atoms with Crippen LogP contribution in [0.2, 0.25) is 0 Å². The molecule has 10 rings (SSSR count). The molecule has 1 aliphatic carbocycles. The Bertz CT molecular complexity index is 2680. The fourth-order valence-corrected chi connectivity index (χ4v) is 7.63. The van der Waals surface area contributed by atoms with Gasteiger partial charge in [0, 0.05) is 33.9 Å². The summed E-state index contributed by atoms with van der Waals surface area (Å²) in [6.07, 6.45) is 0. The molecule has 0 fully saturated rings. The molecule has 0 amide bonds. The summed E-state index contributed by atoms with van der Waals surface area (Å²) in [5.41, 5.74) is 14.9. The van der Waals surface area contributed by atoms with Crippen LogP contribution in [0.4, 0.5) is 17.1 Å². The van der Waals surface area contributed by atoms with E-state index >= 15 is 0 Å². The zero-order valence-corrected chi connectivity index (χ0v) is 26.1. The first-order valence-corrected chi connectivity index (χ1v) is 16.4. The molecule has 0 unspecified atom stereocenters. The van der Waals surface area contributed by atoms with E-state index in [1.54, 1.807) is 0 Å². The van der Waals surface area contributed by atoms with Crippen LogP contribution in [0.25, 0.3) is 77.2 Å². The summed E-state index contributed by atoms with van der Waals surface area (Å²) in [6, 6.07) is 63.4. The largest absolute Gasteiger partial charge is 0.456 e. The van der Waals surface area contributed by atoms with Crippen LogP contribution in [-0.2, 0) is 0 Å². The summed E-state index contributed by atoms with van der Waals surface area (Å²) >= 11 is 0. The van der Waals surface area contributed by atoms with Crippen molar-refractivity contribution in [3.8, 4) is 44.5 Å². The molecule has 0 bridgehead atoms. The third-order valence-electron chi connectivity index (χ3n) is 9.80. The van der Waals surface area contributed by atoms with Crippen LogP contribution in [0.3, 0.4) is 0 Å². The van der Waals surface area contributed by atoms with E-state index in [0.29, 0.717) is 0 Å². The fraction of sp³-hybridized carbons (Fsp3) is 0. The monoisotopic (exact) mass is 611 g/mol. The van der Waals surface area contributed by atoms with Gasteiger partial charge in [0.25, 0.3) is 0 Å². The second kappa shape index (κ2) is 10.6. The van der Waals surface area contributed by atoms with Crippen molar-refractivity contribution in [2.75, 3.05) is 4.90 Å². The van der Waals surface area contributed by atoms with Crippen molar-refractivity contribution in [1.29, 1.82) is 0 Å². The molecule has 1 heterocycles. The molecule has 0 saturated heterocycles. The lowest BCUT2D eigenvalue weighted by Gasteiger charge is -2.27. The summed E-state index contributed by atoms with van der Waals surface area (Å²) in [5, 5.41) is 4.82. The zero-order chi connectivity index (χ0) is 31.6. The number of para-hydroxylation sites is 1. The van der Waals surface area contributed by atoms with Crippen molar-refractivity contribution >= 4 is 49.8 Å². The first-order valence-electron chi connectivity index (χ1n) is 16.4. The normalized spacial score (nSPS) is 11.8. The van der Waals surface area contributed by atoms with Crippen molar-refractivity contribution in [3.63, 3.8) is 0 Å². The third-order valence-corrected chi connectivity index (χ3v) is 9.80.